The van der Waals surface area contributed by atoms with Gasteiger partial charge in [-0.3, -0.25) is 14.5 Å². The summed E-state index contributed by atoms with van der Waals surface area (Å²) in [6.45, 7) is 5.84. The number of halogens is 1. The van der Waals surface area contributed by atoms with Crippen molar-refractivity contribution in [2.45, 2.75) is 26.8 Å². The van der Waals surface area contributed by atoms with Crippen LogP contribution in [0.5, 0.6) is 0 Å². The van der Waals surface area contributed by atoms with E-state index >= 15 is 0 Å². The molecule has 1 aliphatic heterocycles. The summed E-state index contributed by atoms with van der Waals surface area (Å²) in [5, 5.41) is 18.8. The van der Waals surface area contributed by atoms with E-state index in [-0.39, 0.29) is 5.84 Å². The first kappa shape index (κ1) is 27.9. The number of nitrogens with zero attached hydrogens (tertiary/aromatic N) is 7. The SMILES string of the molecule is C\N=C/C(=C\C(C)=C\C=C/N(C=O)C(C)/C=N/N=C1\NCC=C(c2cc(C)no2)C=C1F)c1cnn(C)c1. The Hall–Kier alpha value is -4.67. The maximum absolute atomic E-state index is 14.7. The Balaban J connectivity index is 1.65. The summed E-state index contributed by atoms with van der Waals surface area (Å²) >= 11 is 0. The fourth-order valence-electron chi connectivity index (χ4n) is 3.38. The minimum absolute atomic E-state index is 0.0190. The maximum Gasteiger partial charge on any atom is 0.214 e. The van der Waals surface area contributed by atoms with Crippen LogP contribution in [-0.2, 0) is 11.8 Å². The van der Waals surface area contributed by atoms with Crippen molar-refractivity contribution in [2.75, 3.05) is 13.6 Å². The number of aliphatic imine (C=N–C) groups is 1. The molecule has 1 unspecified atom stereocenters. The number of aromatic nitrogens is 3. The first-order valence-corrected chi connectivity index (χ1v) is 11.9. The van der Waals surface area contributed by atoms with E-state index in [9.17, 15) is 9.18 Å². The number of nitrogens with one attached hydrogen (secondary N) is 1. The number of amides is 1. The summed E-state index contributed by atoms with van der Waals surface area (Å²) < 4.78 is 21.6. The number of hydrogen-bond donors (Lipinski definition) is 1. The molecule has 0 fully saturated rings. The fraction of sp³-hybridized carbons (Fsp3) is 0.259. The lowest BCUT2D eigenvalue weighted by Crippen LogP contribution is -2.28. The highest BCUT2D eigenvalue weighted by Gasteiger charge is 2.14. The Morgan fingerprint density at radius 1 is 1.39 bits per heavy atom. The van der Waals surface area contributed by atoms with Gasteiger partial charge in [0.1, 0.15) is 0 Å². The molecule has 0 aliphatic carbocycles. The summed E-state index contributed by atoms with van der Waals surface area (Å²) in [5.74, 6) is -0.139. The lowest BCUT2D eigenvalue weighted by molar-refractivity contribution is -0.116. The van der Waals surface area contributed by atoms with Crippen LogP contribution in [0.4, 0.5) is 4.39 Å². The first-order valence-electron chi connectivity index (χ1n) is 11.9. The van der Waals surface area contributed by atoms with E-state index in [4.69, 9.17) is 4.52 Å². The van der Waals surface area contributed by atoms with Crippen molar-refractivity contribution in [1.82, 2.24) is 25.2 Å². The molecule has 11 heteroatoms. The molecule has 1 amide bonds. The molecule has 10 nitrogen and oxygen atoms in total. The molecule has 0 bridgehead atoms. The summed E-state index contributed by atoms with van der Waals surface area (Å²) in [6.07, 6.45) is 17.9. The predicted octanol–water partition coefficient (Wildman–Crippen LogP) is 4.03. The van der Waals surface area contributed by atoms with E-state index in [1.165, 1.54) is 17.2 Å². The van der Waals surface area contributed by atoms with Crippen LogP contribution in [0, 0.1) is 6.92 Å². The average molecular weight is 519 g/mol. The minimum atomic E-state index is -0.591. The Kier molecular flexibility index (Phi) is 9.98. The molecule has 0 spiro atoms. The zero-order valence-corrected chi connectivity index (χ0v) is 22.0. The highest BCUT2D eigenvalue weighted by atomic mass is 19.1. The Labute approximate surface area is 221 Å². The van der Waals surface area contributed by atoms with Crippen LogP contribution >= 0.6 is 0 Å². The van der Waals surface area contributed by atoms with Gasteiger partial charge in [0.05, 0.1) is 17.9 Å². The number of carbonyl (C=O) groups is 1. The summed E-state index contributed by atoms with van der Waals surface area (Å²) in [5.41, 5.74) is 4.08. The second kappa shape index (κ2) is 13.6. The first-order chi connectivity index (χ1) is 18.3. The van der Waals surface area contributed by atoms with Crippen molar-refractivity contribution in [1.29, 1.82) is 0 Å². The molecule has 1 aliphatic rings. The van der Waals surface area contributed by atoms with E-state index in [0.717, 1.165) is 16.7 Å². The number of amidine groups is 1. The van der Waals surface area contributed by atoms with Gasteiger partial charge in [-0.25, -0.2) is 4.39 Å². The third-order valence-electron chi connectivity index (χ3n) is 5.35. The van der Waals surface area contributed by atoms with Gasteiger partial charge in [-0.15, -0.1) is 5.10 Å². The van der Waals surface area contributed by atoms with Gasteiger partial charge in [0, 0.05) is 68.2 Å². The number of carbonyl (C=O) groups excluding carboxylic acids is 1. The largest absolute Gasteiger partial charge is 0.363 e. The lowest BCUT2D eigenvalue weighted by Gasteiger charge is -2.16. The van der Waals surface area contributed by atoms with Gasteiger partial charge >= 0.3 is 0 Å². The van der Waals surface area contributed by atoms with E-state index in [0.29, 0.717) is 30.0 Å². The normalized spacial score (nSPS) is 17.2. The van der Waals surface area contributed by atoms with Crippen molar-refractivity contribution in [3.63, 3.8) is 0 Å². The lowest BCUT2D eigenvalue weighted by atomic mass is 10.1. The molecule has 1 atom stereocenters. The van der Waals surface area contributed by atoms with E-state index < -0.39 is 11.9 Å². The quantitative estimate of drug-likeness (QED) is 0.221. The van der Waals surface area contributed by atoms with Gasteiger partial charge in [0.2, 0.25) is 6.41 Å². The second-order valence-corrected chi connectivity index (χ2v) is 8.51. The van der Waals surface area contributed by atoms with Crippen molar-refractivity contribution >= 4 is 35.8 Å². The molecule has 0 radical (unpaired) electrons. The molecule has 38 heavy (non-hydrogen) atoms. The third kappa shape index (κ3) is 7.92. The van der Waals surface area contributed by atoms with Crippen LogP contribution in [0.25, 0.3) is 11.1 Å². The Morgan fingerprint density at radius 2 is 2.21 bits per heavy atom. The molecule has 2 aromatic heterocycles. The molecule has 0 saturated heterocycles. The van der Waals surface area contributed by atoms with Gasteiger partial charge in [0.15, 0.2) is 17.4 Å². The number of aryl methyl sites for hydroxylation is 2. The predicted molar refractivity (Wildman–Crippen MR) is 148 cm³/mol. The number of rotatable bonds is 10. The zero-order valence-electron chi connectivity index (χ0n) is 22.0. The van der Waals surface area contributed by atoms with Crippen LogP contribution in [0.2, 0.25) is 0 Å². The summed E-state index contributed by atoms with van der Waals surface area (Å²) in [4.78, 5) is 17.2. The molecule has 2 aromatic rings. The van der Waals surface area contributed by atoms with Crippen molar-refractivity contribution in [3.8, 4) is 0 Å². The molecule has 3 heterocycles. The van der Waals surface area contributed by atoms with E-state index in [1.54, 1.807) is 62.4 Å². The maximum atomic E-state index is 14.7. The smallest absolute Gasteiger partial charge is 0.214 e. The Bertz CT molecular complexity index is 1370. The second-order valence-electron chi connectivity index (χ2n) is 8.51. The molecule has 0 aromatic carbocycles. The molecule has 1 N–H and O–H groups in total. The molecule has 3 rings (SSSR count). The number of allylic oxidation sites excluding steroid dienone is 7. The van der Waals surface area contributed by atoms with Crippen LogP contribution in [-0.4, -0.2) is 64.1 Å². The Morgan fingerprint density at radius 3 is 2.87 bits per heavy atom. The highest BCUT2D eigenvalue weighted by molar-refractivity contribution is 6.10. The number of hydrogen-bond acceptors (Lipinski definition) is 7. The fourth-order valence-corrected chi connectivity index (χ4v) is 3.38. The van der Waals surface area contributed by atoms with Crippen LogP contribution in [0.15, 0.2) is 86.2 Å². The van der Waals surface area contributed by atoms with Gasteiger partial charge in [-0.1, -0.05) is 22.9 Å². The average Bonchev–Trinajstić information content (AvgIpc) is 3.47. The van der Waals surface area contributed by atoms with Crippen molar-refractivity contribution in [2.24, 2.45) is 22.2 Å². The van der Waals surface area contributed by atoms with Gasteiger partial charge in [0.25, 0.3) is 0 Å². The zero-order chi connectivity index (χ0) is 27.5. The topological polar surface area (TPSA) is 113 Å². The third-order valence-corrected chi connectivity index (χ3v) is 5.35. The molecular weight excluding hydrogens is 487 g/mol. The molecule has 0 saturated carbocycles. The van der Waals surface area contributed by atoms with Gasteiger partial charge < -0.3 is 14.7 Å². The monoisotopic (exact) mass is 518 g/mol. The molecule has 198 valence electrons. The highest BCUT2D eigenvalue weighted by Crippen LogP contribution is 2.21. The van der Waals surface area contributed by atoms with Crippen LogP contribution in [0.1, 0.15) is 30.9 Å². The standard InChI is InChI=1S/C27H31FN8O2/c1-19(11-23(15-29-4)24-16-32-35(5)17-24)7-6-10-36(18-37)21(3)14-31-33-27-25(28)13-22(8-9-30-27)26-12-20(2)34-38-26/h6-8,10-18,21H,9H2,1-5H3,(H,30,33)/b10-6-,19-7+,23-11+,29-15-,31-14+. The van der Waals surface area contributed by atoms with Crippen molar-refractivity contribution < 1.29 is 13.7 Å². The van der Waals surface area contributed by atoms with Gasteiger partial charge in [-0.05, 0) is 39.0 Å². The minimum Gasteiger partial charge on any atom is -0.363 e. The summed E-state index contributed by atoms with van der Waals surface area (Å²) in [6, 6.07) is 1.31. The van der Waals surface area contributed by atoms with Crippen molar-refractivity contribution in [3.05, 3.63) is 83.5 Å². The molecular formula is C27H31FN8O2. The van der Waals surface area contributed by atoms with Gasteiger partial charge in [-0.2, -0.15) is 10.2 Å². The van der Waals surface area contributed by atoms with E-state index in [2.05, 4.69) is 30.8 Å². The van der Waals surface area contributed by atoms with E-state index in [1.807, 2.05) is 32.3 Å². The summed E-state index contributed by atoms with van der Waals surface area (Å²) in [7, 11) is 3.57. The van der Waals surface area contributed by atoms with Crippen LogP contribution < -0.4 is 5.32 Å². The van der Waals surface area contributed by atoms with Crippen LogP contribution in [0.3, 0.4) is 0 Å².